The highest BCUT2D eigenvalue weighted by molar-refractivity contribution is 6.36. The van der Waals surface area contributed by atoms with Gasteiger partial charge in [-0.05, 0) is 25.1 Å². The van der Waals surface area contributed by atoms with Crippen molar-refractivity contribution < 1.29 is 14.4 Å². The first-order valence-corrected chi connectivity index (χ1v) is 9.22. The molecule has 0 fully saturated rings. The third-order valence-electron chi connectivity index (χ3n) is 3.86. The summed E-state index contributed by atoms with van der Waals surface area (Å²) >= 11 is 11.8. The highest BCUT2D eigenvalue weighted by Gasteiger charge is 2.11. The Labute approximate surface area is 168 Å². The molecule has 2 aromatic rings. The second-order valence-electron chi connectivity index (χ2n) is 6.02. The van der Waals surface area contributed by atoms with E-state index < -0.39 is 0 Å². The lowest BCUT2D eigenvalue weighted by atomic mass is 10.1. The number of hydrogen-bond acceptors (Lipinski definition) is 3. The molecule has 0 atom stereocenters. The van der Waals surface area contributed by atoms with Gasteiger partial charge >= 0.3 is 0 Å². The topological polar surface area (TPSA) is 75.3 Å². The minimum absolute atomic E-state index is 0.0733. The van der Waals surface area contributed by atoms with Gasteiger partial charge in [-0.3, -0.25) is 14.4 Å². The van der Waals surface area contributed by atoms with E-state index in [1.807, 2.05) is 19.1 Å². The first-order valence-electron chi connectivity index (χ1n) is 8.46. The zero-order chi connectivity index (χ0) is 19.8. The first kappa shape index (κ1) is 20.9. The van der Waals surface area contributed by atoms with Crippen LogP contribution in [0.15, 0.2) is 42.5 Å². The molecule has 2 aromatic carbocycles. The molecule has 0 radical (unpaired) electrons. The van der Waals surface area contributed by atoms with Gasteiger partial charge in [0.1, 0.15) is 0 Å². The van der Waals surface area contributed by atoms with Crippen LogP contribution in [0.2, 0.25) is 10.0 Å². The Hall–Kier alpha value is -2.37. The average Bonchev–Trinajstić information content (AvgIpc) is 2.63. The fraction of sp³-hybridized carbons (Fsp3) is 0.250. The van der Waals surface area contributed by atoms with E-state index in [1.54, 1.807) is 18.2 Å². The van der Waals surface area contributed by atoms with Crippen molar-refractivity contribution in [1.82, 2.24) is 10.6 Å². The summed E-state index contributed by atoms with van der Waals surface area (Å²) in [7, 11) is 0. The highest BCUT2D eigenvalue weighted by Crippen LogP contribution is 2.20. The summed E-state index contributed by atoms with van der Waals surface area (Å²) < 4.78 is 0. The molecule has 0 bridgehead atoms. The van der Waals surface area contributed by atoms with Gasteiger partial charge in [-0.15, -0.1) is 0 Å². The fourth-order valence-electron chi connectivity index (χ4n) is 2.35. The second kappa shape index (κ2) is 10.1. The maximum absolute atomic E-state index is 12.0. The summed E-state index contributed by atoms with van der Waals surface area (Å²) in [6.07, 6.45) is 0.241. The van der Waals surface area contributed by atoms with Crippen molar-refractivity contribution in [3.63, 3.8) is 0 Å². The van der Waals surface area contributed by atoms with E-state index in [0.29, 0.717) is 16.1 Å². The highest BCUT2D eigenvalue weighted by atomic mass is 35.5. The minimum atomic E-state index is -0.347. The van der Waals surface area contributed by atoms with Crippen LogP contribution in [0, 0.1) is 6.92 Å². The molecule has 2 rings (SSSR count). The molecule has 0 spiro atoms. The Morgan fingerprint density at radius 3 is 2.22 bits per heavy atom. The average molecular weight is 407 g/mol. The van der Waals surface area contributed by atoms with Gasteiger partial charge < -0.3 is 10.6 Å². The zero-order valence-electron chi connectivity index (χ0n) is 14.9. The third kappa shape index (κ3) is 6.70. The predicted molar refractivity (Wildman–Crippen MR) is 107 cm³/mol. The molecule has 27 heavy (non-hydrogen) atoms. The van der Waals surface area contributed by atoms with Crippen LogP contribution in [0.1, 0.15) is 39.1 Å². The Kier molecular flexibility index (Phi) is 7.82. The minimum Gasteiger partial charge on any atom is -0.354 e. The van der Waals surface area contributed by atoms with E-state index in [4.69, 9.17) is 23.2 Å². The second-order valence-corrected chi connectivity index (χ2v) is 6.86. The molecule has 0 aliphatic carbocycles. The van der Waals surface area contributed by atoms with Gasteiger partial charge in [0.25, 0.3) is 5.91 Å². The van der Waals surface area contributed by atoms with Crippen LogP contribution >= 0.6 is 23.2 Å². The summed E-state index contributed by atoms with van der Waals surface area (Å²) in [6, 6.07) is 11.8. The lowest BCUT2D eigenvalue weighted by Crippen LogP contribution is -2.34. The Bertz CT molecular complexity index is 836. The number of Topliss-reactive ketones (excluding diaryl/α,β-unsaturated/α-hetero) is 1. The van der Waals surface area contributed by atoms with Crippen LogP contribution < -0.4 is 10.6 Å². The largest absolute Gasteiger partial charge is 0.354 e. The van der Waals surface area contributed by atoms with Gasteiger partial charge in [-0.1, -0.05) is 53.0 Å². The maximum Gasteiger partial charge on any atom is 0.252 e. The number of carbonyl (C=O) groups is 3. The Morgan fingerprint density at radius 2 is 1.56 bits per heavy atom. The maximum atomic E-state index is 12.0. The van der Waals surface area contributed by atoms with Crippen molar-refractivity contribution in [3.8, 4) is 0 Å². The molecule has 142 valence electrons. The summed E-state index contributed by atoms with van der Waals surface area (Å²) in [5.74, 6) is -0.662. The van der Waals surface area contributed by atoms with E-state index in [9.17, 15) is 14.4 Å². The molecule has 2 amide bonds. The first-order chi connectivity index (χ1) is 12.9. The number of nitrogens with one attached hydrogen (secondary N) is 2. The van der Waals surface area contributed by atoms with E-state index in [0.717, 1.165) is 5.56 Å². The Balaban J connectivity index is 1.67. The van der Waals surface area contributed by atoms with Crippen molar-refractivity contribution in [1.29, 1.82) is 0 Å². The smallest absolute Gasteiger partial charge is 0.252 e. The van der Waals surface area contributed by atoms with E-state index in [2.05, 4.69) is 10.6 Å². The van der Waals surface area contributed by atoms with Crippen LogP contribution in [-0.4, -0.2) is 30.7 Å². The van der Waals surface area contributed by atoms with Gasteiger partial charge in [-0.2, -0.15) is 0 Å². The predicted octanol–water partition coefficient (Wildman–Crippen LogP) is 3.81. The summed E-state index contributed by atoms with van der Waals surface area (Å²) in [5, 5.41) is 6.04. The molecule has 0 aliphatic heterocycles. The van der Waals surface area contributed by atoms with Gasteiger partial charge in [0.05, 0.1) is 10.6 Å². The number of aryl methyl sites for hydroxylation is 1. The summed E-state index contributed by atoms with van der Waals surface area (Å²) in [6.45, 7) is 2.45. The summed E-state index contributed by atoms with van der Waals surface area (Å²) in [4.78, 5) is 35.9. The standard InChI is InChI=1S/C20H20Cl2N2O3/c1-13-2-4-14(5-3-13)18(25)8-9-19(26)23-10-11-24-20(27)16-7-6-15(21)12-17(16)22/h2-7,12H,8-11H2,1H3,(H,23,26)(H,24,27). The van der Waals surface area contributed by atoms with Crippen molar-refractivity contribution >= 4 is 40.8 Å². The van der Waals surface area contributed by atoms with Crippen molar-refractivity contribution in [2.24, 2.45) is 0 Å². The van der Waals surface area contributed by atoms with E-state index in [-0.39, 0.29) is 48.6 Å². The third-order valence-corrected chi connectivity index (χ3v) is 4.41. The molecule has 0 unspecified atom stereocenters. The van der Waals surface area contributed by atoms with E-state index >= 15 is 0 Å². The number of rotatable bonds is 8. The molecule has 0 saturated heterocycles. The van der Waals surface area contributed by atoms with E-state index in [1.165, 1.54) is 12.1 Å². The van der Waals surface area contributed by atoms with Crippen LogP contribution in [0.3, 0.4) is 0 Å². The van der Waals surface area contributed by atoms with Crippen molar-refractivity contribution in [3.05, 3.63) is 69.2 Å². The van der Waals surface area contributed by atoms with Gasteiger partial charge in [0, 0.05) is 36.5 Å². The van der Waals surface area contributed by atoms with Gasteiger partial charge in [0.15, 0.2) is 5.78 Å². The monoisotopic (exact) mass is 406 g/mol. The molecule has 2 N–H and O–H groups in total. The SMILES string of the molecule is Cc1ccc(C(=O)CCC(=O)NCCNC(=O)c2ccc(Cl)cc2Cl)cc1. The van der Waals surface area contributed by atoms with Crippen LogP contribution in [-0.2, 0) is 4.79 Å². The van der Waals surface area contributed by atoms with Crippen molar-refractivity contribution in [2.75, 3.05) is 13.1 Å². The number of benzene rings is 2. The number of hydrogen-bond donors (Lipinski definition) is 2. The lowest BCUT2D eigenvalue weighted by Gasteiger charge is -2.08. The van der Waals surface area contributed by atoms with Gasteiger partial charge in [0.2, 0.25) is 5.91 Å². The zero-order valence-corrected chi connectivity index (χ0v) is 16.4. The van der Waals surface area contributed by atoms with Crippen LogP contribution in [0.5, 0.6) is 0 Å². The number of halogens is 2. The number of carbonyl (C=O) groups excluding carboxylic acids is 3. The van der Waals surface area contributed by atoms with Crippen LogP contribution in [0.4, 0.5) is 0 Å². The molecule has 0 aromatic heterocycles. The molecular weight excluding hydrogens is 387 g/mol. The van der Waals surface area contributed by atoms with Crippen molar-refractivity contribution in [2.45, 2.75) is 19.8 Å². The molecule has 7 heteroatoms. The number of ketones is 1. The lowest BCUT2D eigenvalue weighted by molar-refractivity contribution is -0.121. The summed E-state index contributed by atoms with van der Waals surface area (Å²) in [5.41, 5.74) is 1.99. The Morgan fingerprint density at radius 1 is 0.889 bits per heavy atom. The number of amides is 2. The molecular formula is C20H20Cl2N2O3. The molecule has 0 aliphatic rings. The fourth-order valence-corrected chi connectivity index (χ4v) is 2.84. The molecule has 0 heterocycles. The quantitative estimate of drug-likeness (QED) is 0.516. The van der Waals surface area contributed by atoms with Gasteiger partial charge in [-0.25, -0.2) is 0 Å². The van der Waals surface area contributed by atoms with Crippen LogP contribution in [0.25, 0.3) is 0 Å². The molecule has 5 nitrogen and oxygen atoms in total. The normalized spacial score (nSPS) is 10.3. The molecule has 0 saturated carbocycles.